The number of nitrogens with one attached hydrogen (secondary N) is 2. The molecule has 3 heterocycles. The molecule has 11 heteroatoms. The van der Waals surface area contributed by atoms with E-state index in [-0.39, 0.29) is 12.1 Å². The van der Waals surface area contributed by atoms with Crippen molar-refractivity contribution in [1.82, 2.24) is 14.9 Å². The Labute approximate surface area is 229 Å². The Hall–Kier alpha value is -3.41. The molecule has 1 fully saturated rings. The Bertz CT molecular complexity index is 1560. The van der Waals surface area contributed by atoms with E-state index >= 15 is 0 Å². The first-order valence-electron chi connectivity index (χ1n) is 11.3. The van der Waals surface area contributed by atoms with Crippen molar-refractivity contribution in [2.45, 2.75) is 12.1 Å². The van der Waals surface area contributed by atoms with Gasteiger partial charge in [-0.2, -0.15) is 0 Å². The standard InChI is InChI=1S/C26H24BrN5O3S2/c1-35-23-12-11-19(16-21(23)30-37(2,33)34)32-25(24(29-26(32)36)20-9-3-4-13-28-20)22-10-6-14-31(22)18-8-5-7-17(27)15-18/h3-16,24-25,30H,1-2H3,(H,29,36)/t24-,25-/m1/s1. The summed E-state index contributed by atoms with van der Waals surface area (Å²) in [5, 5.41) is 3.94. The third-order valence-electron chi connectivity index (χ3n) is 6.02. The molecule has 1 saturated heterocycles. The van der Waals surface area contributed by atoms with Gasteiger partial charge < -0.3 is 19.5 Å². The number of sulfonamides is 1. The maximum atomic E-state index is 12.0. The highest BCUT2D eigenvalue weighted by molar-refractivity contribution is 9.10. The lowest BCUT2D eigenvalue weighted by atomic mass is 10.0. The molecule has 0 bridgehead atoms. The lowest BCUT2D eigenvalue weighted by molar-refractivity contribution is 0.417. The van der Waals surface area contributed by atoms with Crippen molar-refractivity contribution < 1.29 is 13.2 Å². The minimum Gasteiger partial charge on any atom is -0.495 e. The summed E-state index contributed by atoms with van der Waals surface area (Å²) < 4.78 is 35.1. The van der Waals surface area contributed by atoms with Crippen LogP contribution in [0.5, 0.6) is 5.75 Å². The zero-order valence-electron chi connectivity index (χ0n) is 20.0. The highest BCUT2D eigenvalue weighted by Crippen LogP contribution is 2.44. The van der Waals surface area contributed by atoms with Gasteiger partial charge in [-0.3, -0.25) is 9.71 Å². The van der Waals surface area contributed by atoms with Crippen LogP contribution in [0.15, 0.2) is 89.7 Å². The number of benzene rings is 2. The second-order valence-electron chi connectivity index (χ2n) is 8.54. The zero-order chi connectivity index (χ0) is 26.2. The number of methoxy groups -OCH3 is 1. The molecule has 0 amide bonds. The maximum Gasteiger partial charge on any atom is 0.229 e. The molecule has 5 rings (SSSR count). The molecule has 1 aliphatic rings. The highest BCUT2D eigenvalue weighted by atomic mass is 79.9. The topological polar surface area (TPSA) is 88.5 Å². The van der Waals surface area contributed by atoms with Gasteiger partial charge in [0.25, 0.3) is 0 Å². The number of pyridine rings is 1. The van der Waals surface area contributed by atoms with Crippen LogP contribution in [-0.2, 0) is 10.0 Å². The molecule has 2 atom stereocenters. The molecular weight excluding hydrogens is 574 g/mol. The van der Waals surface area contributed by atoms with Gasteiger partial charge in [-0.05, 0) is 72.9 Å². The summed E-state index contributed by atoms with van der Waals surface area (Å²) in [5.74, 6) is 0.405. The summed E-state index contributed by atoms with van der Waals surface area (Å²) in [6.45, 7) is 0. The van der Waals surface area contributed by atoms with E-state index in [1.165, 1.54) is 7.11 Å². The SMILES string of the molecule is COc1ccc(N2C(=S)N[C@H](c3ccccn3)[C@H]2c2cccn2-c2cccc(Br)c2)cc1NS(C)(=O)=O. The van der Waals surface area contributed by atoms with E-state index in [0.29, 0.717) is 22.2 Å². The number of nitrogens with zero attached hydrogens (tertiary/aromatic N) is 3. The molecular formula is C26H24BrN5O3S2. The molecule has 1 aliphatic heterocycles. The Morgan fingerprint density at radius 2 is 1.89 bits per heavy atom. The van der Waals surface area contributed by atoms with Crippen molar-refractivity contribution in [3.05, 3.63) is 101 Å². The number of ether oxygens (including phenoxy) is 1. The summed E-state index contributed by atoms with van der Waals surface area (Å²) in [6, 6.07) is 22.7. The smallest absolute Gasteiger partial charge is 0.229 e. The molecule has 8 nitrogen and oxygen atoms in total. The fraction of sp³-hybridized carbons (Fsp3) is 0.154. The van der Waals surface area contributed by atoms with E-state index in [4.69, 9.17) is 17.0 Å². The minimum atomic E-state index is -3.54. The first-order valence-corrected chi connectivity index (χ1v) is 14.4. The predicted molar refractivity (Wildman–Crippen MR) is 153 cm³/mol. The number of anilines is 2. The summed E-state index contributed by atoms with van der Waals surface area (Å²) in [6.07, 6.45) is 4.87. The molecule has 2 N–H and O–H groups in total. The Morgan fingerprint density at radius 1 is 1.05 bits per heavy atom. The van der Waals surface area contributed by atoms with Crippen molar-refractivity contribution in [3.8, 4) is 11.4 Å². The van der Waals surface area contributed by atoms with Crippen molar-refractivity contribution in [1.29, 1.82) is 0 Å². The van der Waals surface area contributed by atoms with Crippen molar-refractivity contribution in [2.24, 2.45) is 0 Å². The van der Waals surface area contributed by atoms with Gasteiger partial charge in [0.15, 0.2) is 5.11 Å². The molecule has 4 aromatic rings. The number of rotatable bonds is 7. The zero-order valence-corrected chi connectivity index (χ0v) is 23.2. The van der Waals surface area contributed by atoms with E-state index in [1.807, 2.05) is 65.7 Å². The van der Waals surface area contributed by atoms with Gasteiger partial charge in [0.1, 0.15) is 11.8 Å². The van der Waals surface area contributed by atoms with Crippen LogP contribution in [0.2, 0.25) is 0 Å². The van der Waals surface area contributed by atoms with Gasteiger partial charge in [0.2, 0.25) is 10.0 Å². The molecule has 0 saturated carbocycles. The average Bonchev–Trinajstić information content (AvgIpc) is 3.48. The molecule has 0 unspecified atom stereocenters. The Kier molecular flexibility index (Phi) is 6.93. The third-order valence-corrected chi connectivity index (χ3v) is 7.42. The fourth-order valence-electron chi connectivity index (χ4n) is 4.55. The van der Waals surface area contributed by atoms with Crippen molar-refractivity contribution in [3.63, 3.8) is 0 Å². The van der Waals surface area contributed by atoms with Crippen molar-refractivity contribution in [2.75, 3.05) is 23.0 Å². The Morgan fingerprint density at radius 3 is 2.59 bits per heavy atom. The minimum absolute atomic E-state index is 0.261. The molecule has 2 aromatic carbocycles. The van der Waals surface area contributed by atoms with Crippen LogP contribution in [0.1, 0.15) is 23.5 Å². The van der Waals surface area contributed by atoms with Crippen LogP contribution in [0, 0.1) is 0 Å². The van der Waals surface area contributed by atoms with E-state index in [0.717, 1.165) is 27.8 Å². The first-order chi connectivity index (χ1) is 17.7. The molecule has 37 heavy (non-hydrogen) atoms. The fourth-order valence-corrected chi connectivity index (χ4v) is 5.85. The lowest BCUT2D eigenvalue weighted by Crippen LogP contribution is -2.30. The predicted octanol–water partition coefficient (Wildman–Crippen LogP) is 5.19. The maximum absolute atomic E-state index is 12.0. The molecule has 2 aromatic heterocycles. The second-order valence-corrected chi connectivity index (χ2v) is 11.6. The number of hydrogen-bond donors (Lipinski definition) is 2. The molecule has 190 valence electrons. The van der Waals surface area contributed by atoms with Crippen LogP contribution in [0.3, 0.4) is 0 Å². The van der Waals surface area contributed by atoms with E-state index in [2.05, 4.69) is 41.6 Å². The number of aromatic nitrogens is 2. The molecule has 0 radical (unpaired) electrons. The van der Waals surface area contributed by atoms with Crippen LogP contribution < -0.4 is 19.7 Å². The van der Waals surface area contributed by atoms with Gasteiger partial charge in [0.05, 0.1) is 30.8 Å². The summed E-state index contributed by atoms with van der Waals surface area (Å²) in [5.41, 5.74) is 3.83. The van der Waals surface area contributed by atoms with Gasteiger partial charge in [-0.15, -0.1) is 0 Å². The van der Waals surface area contributed by atoms with Crippen molar-refractivity contribution >= 4 is 54.7 Å². The second kappa shape index (κ2) is 10.2. The normalized spacial score (nSPS) is 17.5. The molecule has 0 aliphatic carbocycles. The Balaban J connectivity index is 1.67. The third kappa shape index (κ3) is 5.20. The first kappa shape index (κ1) is 25.2. The quantitative estimate of drug-likeness (QED) is 0.283. The number of thiocarbonyl (C=S) groups is 1. The van der Waals surface area contributed by atoms with Crippen LogP contribution in [0.4, 0.5) is 11.4 Å². The summed E-state index contributed by atoms with van der Waals surface area (Å²) in [7, 11) is -2.04. The summed E-state index contributed by atoms with van der Waals surface area (Å²) >= 11 is 9.42. The van der Waals surface area contributed by atoms with Gasteiger partial charge in [-0.25, -0.2) is 8.42 Å². The number of halogens is 1. The summed E-state index contributed by atoms with van der Waals surface area (Å²) in [4.78, 5) is 6.61. The van der Waals surface area contributed by atoms with Gasteiger partial charge >= 0.3 is 0 Å². The highest BCUT2D eigenvalue weighted by Gasteiger charge is 2.42. The molecule has 0 spiro atoms. The van der Waals surface area contributed by atoms with E-state index in [9.17, 15) is 8.42 Å². The van der Waals surface area contributed by atoms with Gasteiger partial charge in [-0.1, -0.05) is 28.1 Å². The van der Waals surface area contributed by atoms with Crippen LogP contribution in [0.25, 0.3) is 5.69 Å². The average molecular weight is 599 g/mol. The van der Waals surface area contributed by atoms with E-state index in [1.54, 1.807) is 18.3 Å². The number of hydrogen-bond acceptors (Lipinski definition) is 5. The van der Waals surface area contributed by atoms with E-state index < -0.39 is 10.0 Å². The lowest BCUT2D eigenvalue weighted by Gasteiger charge is -2.29. The largest absolute Gasteiger partial charge is 0.495 e. The van der Waals surface area contributed by atoms with Crippen LogP contribution >= 0.6 is 28.1 Å². The van der Waals surface area contributed by atoms with Gasteiger partial charge in [0, 0.05) is 33.9 Å². The monoisotopic (exact) mass is 597 g/mol. The van der Waals surface area contributed by atoms with Crippen LogP contribution in [-0.4, -0.2) is 36.4 Å².